The minimum Gasteiger partial charge on any atom is -0.383 e. The van der Waals surface area contributed by atoms with E-state index in [1.165, 1.54) is 6.92 Å². The lowest BCUT2D eigenvalue weighted by atomic mass is 10.1. The second kappa shape index (κ2) is 5.28. The van der Waals surface area contributed by atoms with Gasteiger partial charge in [-0.3, -0.25) is 9.59 Å². The number of nitrogens with zero attached hydrogens (tertiary/aromatic N) is 3. The third-order valence-electron chi connectivity index (χ3n) is 3.16. The van der Waals surface area contributed by atoms with Crippen molar-refractivity contribution in [3.63, 3.8) is 0 Å². The van der Waals surface area contributed by atoms with Crippen LogP contribution in [0.25, 0.3) is 16.8 Å². The van der Waals surface area contributed by atoms with E-state index in [0.717, 1.165) is 11.1 Å². The molecule has 0 spiro atoms. The number of aromatic nitrogens is 3. The molecule has 0 radical (unpaired) electrons. The third-order valence-corrected chi connectivity index (χ3v) is 3.16. The molecule has 0 unspecified atom stereocenters. The molecule has 0 aliphatic carbocycles. The number of hydrogen-bond donors (Lipinski definition) is 2. The number of fused-ring (bicyclic) bond motifs is 1. The van der Waals surface area contributed by atoms with E-state index in [2.05, 4.69) is 15.3 Å². The Morgan fingerprint density at radius 3 is 2.86 bits per heavy atom. The maximum absolute atomic E-state index is 11.1. The normalized spacial score (nSPS) is 10.6. The fraction of sp³-hybridized carbons (Fsp3) is 0.0667. The van der Waals surface area contributed by atoms with Gasteiger partial charge in [-0.1, -0.05) is 0 Å². The SMILES string of the molecule is CC(=O)Nc1cn2cc(-c3cnc(N)c(C=O)c3)ccc2n1. The summed E-state index contributed by atoms with van der Waals surface area (Å²) in [6, 6.07) is 5.36. The topological polar surface area (TPSA) is 102 Å². The monoisotopic (exact) mass is 295 g/mol. The second-order valence-corrected chi connectivity index (χ2v) is 4.81. The van der Waals surface area contributed by atoms with E-state index in [0.29, 0.717) is 23.3 Å². The summed E-state index contributed by atoms with van der Waals surface area (Å²) >= 11 is 0. The molecule has 1 amide bonds. The van der Waals surface area contributed by atoms with Crippen molar-refractivity contribution >= 4 is 29.5 Å². The van der Waals surface area contributed by atoms with Gasteiger partial charge in [0.05, 0.1) is 11.8 Å². The zero-order valence-corrected chi connectivity index (χ0v) is 11.8. The summed E-state index contributed by atoms with van der Waals surface area (Å²) < 4.78 is 1.79. The number of nitrogens with two attached hydrogens (primary N) is 1. The van der Waals surface area contributed by atoms with Crippen molar-refractivity contribution < 1.29 is 9.59 Å². The first-order valence-electron chi connectivity index (χ1n) is 6.54. The highest BCUT2D eigenvalue weighted by Crippen LogP contribution is 2.22. The third kappa shape index (κ3) is 2.51. The molecule has 0 saturated heterocycles. The Morgan fingerprint density at radius 2 is 2.14 bits per heavy atom. The van der Waals surface area contributed by atoms with Gasteiger partial charge in [-0.05, 0) is 18.2 Å². The van der Waals surface area contributed by atoms with Gasteiger partial charge in [0, 0.05) is 30.4 Å². The van der Waals surface area contributed by atoms with E-state index in [1.807, 2.05) is 18.3 Å². The van der Waals surface area contributed by atoms with Gasteiger partial charge in [0.2, 0.25) is 5.91 Å². The molecule has 22 heavy (non-hydrogen) atoms. The van der Waals surface area contributed by atoms with Gasteiger partial charge in [-0.15, -0.1) is 0 Å². The molecular formula is C15H13N5O2. The van der Waals surface area contributed by atoms with Crippen LogP contribution in [0.2, 0.25) is 0 Å². The lowest BCUT2D eigenvalue weighted by Crippen LogP contribution is -2.05. The van der Waals surface area contributed by atoms with Gasteiger partial charge >= 0.3 is 0 Å². The molecule has 0 aliphatic rings. The van der Waals surface area contributed by atoms with Crippen LogP contribution in [0.15, 0.2) is 36.8 Å². The smallest absolute Gasteiger partial charge is 0.222 e. The highest BCUT2D eigenvalue weighted by molar-refractivity contribution is 5.88. The number of nitrogens with one attached hydrogen (secondary N) is 1. The number of rotatable bonds is 3. The molecule has 0 saturated carbocycles. The fourth-order valence-corrected chi connectivity index (χ4v) is 2.15. The van der Waals surface area contributed by atoms with Gasteiger partial charge in [0.15, 0.2) is 12.1 Å². The van der Waals surface area contributed by atoms with Crippen LogP contribution < -0.4 is 11.1 Å². The number of aldehydes is 1. The predicted molar refractivity (Wildman–Crippen MR) is 82.5 cm³/mol. The van der Waals surface area contributed by atoms with Crippen molar-refractivity contribution in [2.45, 2.75) is 6.92 Å². The fourth-order valence-electron chi connectivity index (χ4n) is 2.15. The van der Waals surface area contributed by atoms with Crippen molar-refractivity contribution in [2.75, 3.05) is 11.1 Å². The lowest BCUT2D eigenvalue weighted by Gasteiger charge is -2.04. The number of nitrogen functional groups attached to an aromatic ring is 1. The summed E-state index contributed by atoms with van der Waals surface area (Å²) in [5.74, 6) is 0.506. The van der Waals surface area contributed by atoms with Crippen LogP contribution in [-0.2, 0) is 4.79 Å². The number of hydrogen-bond acceptors (Lipinski definition) is 5. The van der Waals surface area contributed by atoms with Crippen molar-refractivity contribution in [1.82, 2.24) is 14.4 Å². The van der Waals surface area contributed by atoms with Crippen LogP contribution >= 0.6 is 0 Å². The van der Waals surface area contributed by atoms with E-state index in [-0.39, 0.29) is 11.7 Å². The first-order valence-corrected chi connectivity index (χ1v) is 6.54. The molecule has 0 bridgehead atoms. The molecular weight excluding hydrogens is 282 g/mol. The molecule has 0 fully saturated rings. The molecule has 3 aromatic heterocycles. The number of amides is 1. The van der Waals surface area contributed by atoms with Crippen molar-refractivity contribution in [3.05, 3.63) is 42.4 Å². The molecule has 3 rings (SSSR count). The Labute approximate surface area is 125 Å². The van der Waals surface area contributed by atoms with Crippen molar-refractivity contribution in [2.24, 2.45) is 0 Å². The Morgan fingerprint density at radius 1 is 1.32 bits per heavy atom. The number of pyridine rings is 2. The van der Waals surface area contributed by atoms with Crippen LogP contribution in [0, 0.1) is 0 Å². The van der Waals surface area contributed by atoms with Gasteiger partial charge < -0.3 is 15.5 Å². The maximum Gasteiger partial charge on any atom is 0.222 e. The van der Waals surface area contributed by atoms with Crippen LogP contribution in [0.4, 0.5) is 11.6 Å². The molecule has 3 N–H and O–H groups in total. The number of imidazole rings is 1. The van der Waals surface area contributed by atoms with Crippen molar-refractivity contribution in [1.29, 1.82) is 0 Å². The zero-order chi connectivity index (χ0) is 15.7. The molecule has 7 nitrogen and oxygen atoms in total. The van der Waals surface area contributed by atoms with E-state index in [4.69, 9.17) is 5.73 Å². The average Bonchev–Trinajstić information content (AvgIpc) is 2.88. The Balaban J connectivity index is 2.04. The summed E-state index contributed by atoms with van der Waals surface area (Å²) in [4.78, 5) is 30.3. The summed E-state index contributed by atoms with van der Waals surface area (Å²) in [5, 5.41) is 2.63. The van der Waals surface area contributed by atoms with Gasteiger partial charge in [0.25, 0.3) is 0 Å². The van der Waals surface area contributed by atoms with Crippen LogP contribution in [0.3, 0.4) is 0 Å². The van der Waals surface area contributed by atoms with Gasteiger partial charge in [0.1, 0.15) is 11.5 Å². The second-order valence-electron chi connectivity index (χ2n) is 4.81. The quantitative estimate of drug-likeness (QED) is 0.717. The molecule has 0 aliphatic heterocycles. The summed E-state index contributed by atoms with van der Waals surface area (Å²) in [5.41, 5.74) is 8.30. The number of carbonyl (C=O) groups is 2. The van der Waals surface area contributed by atoms with Crippen molar-refractivity contribution in [3.8, 4) is 11.1 Å². The molecule has 7 heteroatoms. The average molecular weight is 295 g/mol. The molecule has 110 valence electrons. The van der Waals surface area contributed by atoms with E-state index >= 15 is 0 Å². The lowest BCUT2D eigenvalue weighted by molar-refractivity contribution is -0.114. The van der Waals surface area contributed by atoms with E-state index < -0.39 is 0 Å². The summed E-state index contributed by atoms with van der Waals surface area (Å²) in [7, 11) is 0. The first-order chi connectivity index (χ1) is 10.6. The van der Waals surface area contributed by atoms with Gasteiger partial charge in [-0.2, -0.15) is 0 Å². The molecule has 3 aromatic rings. The highest BCUT2D eigenvalue weighted by Gasteiger charge is 2.07. The molecule has 0 atom stereocenters. The zero-order valence-electron chi connectivity index (χ0n) is 11.8. The maximum atomic E-state index is 11.1. The molecule has 3 heterocycles. The van der Waals surface area contributed by atoms with E-state index in [1.54, 1.807) is 22.9 Å². The first kappa shape index (κ1) is 13.7. The van der Waals surface area contributed by atoms with Crippen LogP contribution in [0.1, 0.15) is 17.3 Å². The van der Waals surface area contributed by atoms with Crippen LogP contribution in [-0.4, -0.2) is 26.6 Å². The Bertz CT molecular complexity index is 885. The number of carbonyl (C=O) groups excluding carboxylic acids is 2. The minimum atomic E-state index is -0.179. The van der Waals surface area contributed by atoms with Gasteiger partial charge in [-0.25, -0.2) is 9.97 Å². The molecule has 0 aromatic carbocycles. The van der Waals surface area contributed by atoms with Crippen LogP contribution in [0.5, 0.6) is 0 Å². The highest BCUT2D eigenvalue weighted by atomic mass is 16.1. The standard InChI is InChI=1S/C15H13N5O2/c1-9(22)18-13-7-20-6-10(2-3-14(20)19-13)11-4-12(8-21)15(16)17-5-11/h2-8H,1H3,(H2,16,17)(H,18,22). The predicted octanol–water partition coefficient (Wildman–Crippen LogP) is 1.75. The summed E-state index contributed by atoms with van der Waals surface area (Å²) in [6.45, 7) is 1.43. The Kier molecular flexibility index (Phi) is 3.30. The minimum absolute atomic E-state index is 0.179. The number of anilines is 2. The largest absolute Gasteiger partial charge is 0.383 e. The Hall–Kier alpha value is -3.22. The summed E-state index contributed by atoms with van der Waals surface area (Å²) in [6.07, 6.45) is 5.84. The van der Waals surface area contributed by atoms with E-state index in [9.17, 15) is 9.59 Å².